The molecule has 0 radical (unpaired) electrons. The molecule has 0 aromatic heterocycles. The monoisotopic (exact) mass is 144 g/mol. The predicted octanol–water partition coefficient (Wildman–Crippen LogP) is 2.95. The molecule has 0 unspecified atom stereocenters. The fraction of sp³-hybridized carbons (Fsp3) is 1.00. The first-order valence-corrected chi connectivity index (χ1v) is 4.35. The summed E-state index contributed by atoms with van der Waals surface area (Å²) in [5, 5.41) is 0. The second-order valence-electron chi connectivity index (χ2n) is 3.65. The predicted molar refractivity (Wildman–Crippen MR) is 39.8 cm³/mol. The van der Waals surface area contributed by atoms with Crippen molar-refractivity contribution in [2.75, 3.05) is 0 Å². The van der Waals surface area contributed by atoms with Crippen molar-refractivity contribution in [3.8, 4) is 0 Å². The highest BCUT2D eigenvalue weighted by Gasteiger charge is 2.39. The number of fused-ring (bicyclic) bond motifs is 2. The summed E-state index contributed by atoms with van der Waals surface area (Å²) >= 11 is 6.30. The Hall–Kier alpha value is 0.290. The average Bonchev–Trinajstić information content (AvgIpc) is 2.07. The van der Waals surface area contributed by atoms with Crippen molar-refractivity contribution in [1.29, 1.82) is 0 Å². The molecule has 0 nitrogen and oxygen atoms in total. The Balaban J connectivity index is 2.13. The number of hydrogen-bond acceptors (Lipinski definition) is 0. The second-order valence-corrected chi connectivity index (χ2v) is 4.45. The van der Waals surface area contributed by atoms with Gasteiger partial charge in [0.2, 0.25) is 0 Å². The zero-order valence-corrected chi connectivity index (χ0v) is 6.45. The van der Waals surface area contributed by atoms with E-state index in [1.54, 1.807) is 0 Å². The van der Waals surface area contributed by atoms with Crippen LogP contribution < -0.4 is 0 Å². The smallest absolute Gasteiger partial charge is 0.0449 e. The van der Waals surface area contributed by atoms with Crippen LogP contribution in [-0.2, 0) is 0 Å². The van der Waals surface area contributed by atoms with Gasteiger partial charge in [-0.25, -0.2) is 0 Å². The standard InChI is InChI=1S/C8H13Cl/c9-8-4-1-2-7(6-8)3-5-8/h7H,1-6H2/t7-,8-/m0/s1. The highest BCUT2D eigenvalue weighted by molar-refractivity contribution is 6.24. The molecule has 0 saturated heterocycles. The molecule has 2 atom stereocenters. The van der Waals surface area contributed by atoms with Gasteiger partial charge in [0.15, 0.2) is 0 Å². The maximum atomic E-state index is 6.30. The highest BCUT2D eigenvalue weighted by atomic mass is 35.5. The molecular weight excluding hydrogens is 132 g/mol. The lowest BCUT2D eigenvalue weighted by atomic mass is 9.89. The van der Waals surface area contributed by atoms with Crippen molar-refractivity contribution in [2.45, 2.75) is 43.4 Å². The van der Waals surface area contributed by atoms with Crippen LogP contribution in [0.25, 0.3) is 0 Å². The maximum Gasteiger partial charge on any atom is 0.0449 e. The molecule has 0 aromatic rings. The summed E-state index contributed by atoms with van der Waals surface area (Å²) in [6.45, 7) is 0. The quantitative estimate of drug-likeness (QED) is 0.459. The summed E-state index contributed by atoms with van der Waals surface area (Å²) in [6, 6.07) is 0. The minimum atomic E-state index is 0.267. The second kappa shape index (κ2) is 1.88. The van der Waals surface area contributed by atoms with E-state index in [-0.39, 0.29) is 4.87 Å². The van der Waals surface area contributed by atoms with Crippen LogP contribution in [0.5, 0.6) is 0 Å². The van der Waals surface area contributed by atoms with Gasteiger partial charge in [0, 0.05) is 4.87 Å². The normalized spacial score (nSPS) is 49.7. The topological polar surface area (TPSA) is 0 Å². The van der Waals surface area contributed by atoms with E-state index in [0.717, 1.165) is 5.92 Å². The van der Waals surface area contributed by atoms with Crippen molar-refractivity contribution in [3.63, 3.8) is 0 Å². The molecule has 0 heterocycles. The van der Waals surface area contributed by atoms with Gasteiger partial charge in [0.1, 0.15) is 0 Å². The van der Waals surface area contributed by atoms with Gasteiger partial charge in [0.05, 0.1) is 0 Å². The van der Waals surface area contributed by atoms with E-state index >= 15 is 0 Å². The summed E-state index contributed by atoms with van der Waals surface area (Å²) in [6.07, 6.45) is 8.13. The van der Waals surface area contributed by atoms with Crippen LogP contribution >= 0.6 is 11.6 Å². The van der Waals surface area contributed by atoms with Gasteiger partial charge < -0.3 is 0 Å². The third-order valence-electron chi connectivity index (χ3n) is 2.89. The van der Waals surface area contributed by atoms with E-state index in [0.29, 0.717) is 0 Å². The summed E-state index contributed by atoms with van der Waals surface area (Å²) in [4.78, 5) is 0.267. The molecule has 2 fully saturated rings. The molecule has 1 heteroatoms. The Morgan fingerprint density at radius 2 is 2.11 bits per heavy atom. The van der Waals surface area contributed by atoms with Crippen molar-refractivity contribution in [1.82, 2.24) is 0 Å². The molecule has 0 N–H and O–H groups in total. The van der Waals surface area contributed by atoms with Crippen LogP contribution in [0.4, 0.5) is 0 Å². The van der Waals surface area contributed by atoms with Crippen molar-refractivity contribution in [2.24, 2.45) is 5.92 Å². The van der Waals surface area contributed by atoms with E-state index in [1.165, 1.54) is 38.5 Å². The van der Waals surface area contributed by atoms with Crippen LogP contribution in [0.2, 0.25) is 0 Å². The van der Waals surface area contributed by atoms with E-state index < -0.39 is 0 Å². The molecule has 0 spiro atoms. The van der Waals surface area contributed by atoms with Gasteiger partial charge in [-0.15, -0.1) is 11.6 Å². The lowest BCUT2D eigenvalue weighted by Gasteiger charge is -2.25. The van der Waals surface area contributed by atoms with Gasteiger partial charge in [-0.05, 0) is 31.6 Å². The van der Waals surface area contributed by atoms with Gasteiger partial charge in [-0.2, -0.15) is 0 Å². The highest BCUT2D eigenvalue weighted by Crippen LogP contribution is 2.48. The number of hydrogen-bond donors (Lipinski definition) is 0. The molecule has 2 aliphatic carbocycles. The zero-order chi connectivity index (χ0) is 6.32. The lowest BCUT2D eigenvalue weighted by molar-refractivity contribution is 0.380. The number of alkyl halides is 1. The maximum absolute atomic E-state index is 6.30. The first-order valence-electron chi connectivity index (χ1n) is 3.97. The van der Waals surface area contributed by atoms with Crippen molar-refractivity contribution >= 4 is 11.6 Å². The first-order chi connectivity index (χ1) is 4.29. The fourth-order valence-electron chi connectivity index (χ4n) is 2.37. The van der Waals surface area contributed by atoms with Gasteiger partial charge in [-0.3, -0.25) is 0 Å². The Morgan fingerprint density at radius 3 is 2.78 bits per heavy atom. The average molecular weight is 145 g/mol. The summed E-state index contributed by atoms with van der Waals surface area (Å²) in [5.41, 5.74) is 0. The molecule has 0 aliphatic heterocycles. The molecule has 52 valence electrons. The lowest BCUT2D eigenvalue weighted by Crippen LogP contribution is -2.20. The van der Waals surface area contributed by atoms with Crippen molar-refractivity contribution < 1.29 is 0 Å². The van der Waals surface area contributed by atoms with Gasteiger partial charge >= 0.3 is 0 Å². The Labute approximate surface area is 61.6 Å². The van der Waals surface area contributed by atoms with Crippen LogP contribution in [0.15, 0.2) is 0 Å². The van der Waals surface area contributed by atoms with Crippen LogP contribution in [-0.4, -0.2) is 4.87 Å². The summed E-state index contributed by atoms with van der Waals surface area (Å²) in [7, 11) is 0. The van der Waals surface area contributed by atoms with Gasteiger partial charge in [-0.1, -0.05) is 12.8 Å². The van der Waals surface area contributed by atoms with Gasteiger partial charge in [0.25, 0.3) is 0 Å². The largest absolute Gasteiger partial charge is 0.119 e. The van der Waals surface area contributed by atoms with E-state index in [2.05, 4.69) is 0 Å². The first kappa shape index (κ1) is 6.03. The molecule has 2 rings (SSSR count). The number of rotatable bonds is 0. The third kappa shape index (κ3) is 0.980. The molecule has 2 aliphatic rings. The molecule has 0 amide bonds. The van der Waals surface area contributed by atoms with Crippen LogP contribution in [0.3, 0.4) is 0 Å². The van der Waals surface area contributed by atoms with Crippen molar-refractivity contribution in [3.05, 3.63) is 0 Å². The fourth-order valence-corrected chi connectivity index (χ4v) is 2.83. The summed E-state index contributed by atoms with van der Waals surface area (Å²) in [5.74, 6) is 0.997. The Kier molecular flexibility index (Phi) is 1.26. The van der Waals surface area contributed by atoms with E-state index in [1.807, 2.05) is 0 Å². The zero-order valence-electron chi connectivity index (χ0n) is 5.70. The SMILES string of the molecule is Cl[C@@]12CCC[C@@H](CC1)C2. The Bertz CT molecular complexity index is 118. The summed E-state index contributed by atoms with van der Waals surface area (Å²) < 4.78 is 0. The van der Waals surface area contributed by atoms with E-state index in [4.69, 9.17) is 11.6 Å². The molecular formula is C8H13Cl. The minimum absolute atomic E-state index is 0.267. The molecule has 2 bridgehead atoms. The van der Waals surface area contributed by atoms with E-state index in [9.17, 15) is 0 Å². The van der Waals surface area contributed by atoms with Crippen LogP contribution in [0.1, 0.15) is 38.5 Å². The molecule has 0 aromatic carbocycles. The minimum Gasteiger partial charge on any atom is -0.119 e. The molecule has 9 heavy (non-hydrogen) atoms. The molecule has 2 saturated carbocycles. The third-order valence-corrected chi connectivity index (χ3v) is 3.42. The number of halogens is 1. The Morgan fingerprint density at radius 1 is 1.22 bits per heavy atom. The van der Waals surface area contributed by atoms with Crippen LogP contribution in [0, 0.1) is 5.92 Å².